The van der Waals surface area contributed by atoms with E-state index in [0.29, 0.717) is 0 Å². The minimum absolute atomic E-state index is 0.735. The first-order valence-electron chi connectivity index (χ1n) is 6.90. The summed E-state index contributed by atoms with van der Waals surface area (Å²) in [7, 11) is 0. The average molecular weight is 273 g/mol. The summed E-state index contributed by atoms with van der Waals surface area (Å²) in [5, 5.41) is 14.3. The van der Waals surface area contributed by atoms with Gasteiger partial charge in [-0.2, -0.15) is 0 Å². The fraction of sp³-hybridized carbons (Fsp3) is 0.467. The molecule has 0 aliphatic heterocycles. The third-order valence-corrected chi connectivity index (χ3v) is 4.48. The van der Waals surface area contributed by atoms with Crippen LogP contribution in [0.1, 0.15) is 34.0 Å². The Morgan fingerprint density at radius 3 is 2.74 bits per heavy atom. The molecule has 1 aliphatic rings. The van der Waals surface area contributed by atoms with Gasteiger partial charge in [0, 0.05) is 19.0 Å². The predicted octanol–water partition coefficient (Wildman–Crippen LogP) is 2.88. The van der Waals surface area contributed by atoms with Gasteiger partial charge in [0.2, 0.25) is 0 Å². The van der Waals surface area contributed by atoms with Gasteiger partial charge in [-0.3, -0.25) is 0 Å². The van der Waals surface area contributed by atoms with Crippen LogP contribution in [0.15, 0.2) is 24.3 Å². The van der Waals surface area contributed by atoms with E-state index in [9.17, 15) is 0 Å². The molecule has 1 aromatic heterocycles. The molecule has 1 fully saturated rings. The Hall–Kier alpha value is -1.26. The second-order valence-electron chi connectivity index (χ2n) is 5.17. The molecule has 0 spiro atoms. The quantitative estimate of drug-likeness (QED) is 0.879. The predicted molar refractivity (Wildman–Crippen MR) is 78.4 cm³/mol. The summed E-state index contributed by atoms with van der Waals surface area (Å²) in [6.07, 6.45) is 4.68. The van der Waals surface area contributed by atoms with Crippen molar-refractivity contribution >= 4 is 11.3 Å². The van der Waals surface area contributed by atoms with Crippen LogP contribution in [0.5, 0.6) is 0 Å². The van der Waals surface area contributed by atoms with E-state index in [1.54, 1.807) is 11.3 Å². The number of nitrogens with one attached hydrogen (secondary N) is 1. The molecular formula is C15H19N3S. The van der Waals surface area contributed by atoms with Crippen molar-refractivity contribution in [3.8, 4) is 0 Å². The standard InChI is InChI=1S/C15H19N3S/c1-11-4-2-3-5-12(11)6-9-14-17-18-15(19-14)10-16-13-7-8-13/h2-5,13,16H,6-10H2,1H3. The summed E-state index contributed by atoms with van der Waals surface area (Å²) >= 11 is 1.74. The molecule has 19 heavy (non-hydrogen) atoms. The average Bonchev–Trinajstić information content (AvgIpc) is 3.14. The SMILES string of the molecule is Cc1ccccc1CCc1nnc(CNC2CC2)s1. The van der Waals surface area contributed by atoms with E-state index in [0.717, 1.165) is 35.4 Å². The fourth-order valence-electron chi connectivity index (χ4n) is 2.11. The molecule has 0 amide bonds. The zero-order chi connectivity index (χ0) is 13.1. The smallest absolute Gasteiger partial charge is 0.131 e. The molecule has 4 heteroatoms. The summed E-state index contributed by atoms with van der Waals surface area (Å²) in [6, 6.07) is 9.30. The minimum Gasteiger partial charge on any atom is -0.308 e. The van der Waals surface area contributed by atoms with Gasteiger partial charge in [-0.05, 0) is 37.3 Å². The molecule has 3 nitrogen and oxygen atoms in total. The summed E-state index contributed by atoms with van der Waals surface area (Å²) in [6.45, 7) is 3.05. The Morgan fingerprint density at radius 1 is 1.16 bits per heavy atom. The van der Waals surface area contributed by atoms with Crippen molar-refractivity contribution in [1.82, 2.24) is 15.5 Å². The lowest BCUT2D eigenvalue weighted by atomic mass is 10.0. The van der Waals surface area contributed by atoms with Crippen LogP contribution in [-0.4, -0.2) is 16.2 Å². The van der Waals surface area contributed by atoms with Crippen molar-refractivity contribution in [3.63, 3.8) is 0 Å². The van der Waals surface area contributed by atoms with Gasteiger partial charge in [0.05, 0.1) is 0 Å². The van der Waals surface area contributed by atoms with Gasteiger partial charge >= 0.3 is 0 Å². The number of aromatic nitrogens is 2. The van der Waals surface area contributed by atoms with E-state index in [4.69, 9.17) is 0 Å². The Balaban J connectivity index is 1.53. The fourth-order valence-corrected chi connectivity index (χ4v) is 2.91. The van der Waals surface area contributed by atoms with E-state index in [-0.39, 0.29) is 0 Å². The van der Waals surface area contributed by atoms with Crippen LogP contribution in [0.4, 0.5) is 0 Å². The number of rotatable bonds is 6. The highest BCUT2D eigenvalue weighted by atomic mass is 32.1. The highest BCUT2D eigenvalue weighted by Crippen LogP contribution is 2.20. The monoisotopic (exact) mass is 273 g/mol. The summed E-state index contributed by atoms with van der Waals surface area (Å²) < 4.78 is 0. The van der Waals surface area contributed by atoms with Gasteiger partial charge in [0.25, 0.3) is 0 Å². The second kappa shape index (κ2) is 5.80. The van der Waals surface area contributed by atoms with E-state index < -0.39 is 0 Å². The third kappa shape index (κ3) is 3.61. The van der Waals surface area contributed by atoms with Crippen molar-refractivity contribution in [1.29, 1.82) is 0 Å². The largest absolute Gasteiger partial charge is 0.308 e. The molecule has 1 N–H and O–H groups in total. The molecular weight excluding hydrogens is 254 g/mol. The van der Waals surface area contributed by atoms with Crippen LogP contribution in [0.2, 0.25) is 0 Å². The zero-order valence-electron chi connectivity index (χ0n) is 11.2. The molecule has 0 saturated heterocycles. The Morgan fingerprint density at radius 2 is 1.95 bits per heavy atom. The van der Waals surface area contributed by atoms with Gasteiger partial charge in [-0.25, -0.2) is 0 Å². The van der Waals surface area contributed by atoms with Gasteiger partial charge in [-0.1, -0.05) is 24.3 Å². The lowest BCUT2D eigenvalue weighted by Gasteiger charge is -2.02. The number of nitrogens with zero attached hydrogens (tertiary/aromatic N) is 2. The van der Waals surface area contributed by atoms with Crippen LogP contribution < -0.4 is 5.32 Å². The molecule has 1 aliphatic carbocycles. The summed E-state index contributed by atoms with van der Waals surface area (Å²) in [5.74, 6) is 0. The highest BCUT2D eigenvalue weighted by Gasteiger charge is 2.20. The van der Waals surface area contributed by atoms with Crippen molar-refractivity contribution < 1.29 is 0 Å². The summed E-state index contributed by atoms with van der Waals surface area (Å²) in [5.41, 5.74) is 2.78. The van der Waals surface area contributed by atoms with Gasteiger partial charge in [0.1, 0.15) is 10.0 Å². The topological polar surface area (TPSA) is 37.8 Å². The number of hydrogen-bond acceptors (Lipinski definition) is 4. The zero-order valence-corrected chi connectivity index (χ0v) is 12.0. The molecule has 2 aromatic rings. The van der Waals surface area contributed by atoms with Crippen LogP contribution in [0, 0.1) is 6.92 Å². The van der Waals surface area contributed by atoms with Crippen molar-refractivity contribution in [3.05, 3.63) is 45.4 Å². The lowest BCUT2D eigenvalue weighted by molar-refractivity contribution is 0.678. The molecule has 3 rings (SSSR count). The maximum atomic E-state index is 4.29. The van der Waals surface area contributed by atoms with Gasteiger partial charge < -0.3 is 5.32 Å². The first kappa shape index (κ1) is 12.8. The number of benzene rings is 1. The van der Waals surface area contributed by atoms with Gasteiger partial charge in [0.15, 0.2) is 0 Å². The molecule has 100 valence electrons. The maximum absolute atomic E-state index is 4.29. The van der Waals surface area contributed by atoms with Crippen LogP contribution in [0.25, 0.3) is 0 Å². The van der Waals surface area contributed by atoms with Crippen molar-refractivity contribution in [2.24, 2.45) is 0 Å². The second-order valence-corrected chi connectivity index (χ2v) is 6.32. The molecule has 1 saturated carbocycles. The summed E-state index contributed by atoms with van der Waals surface area (Å²) in [4.78, 5) is 0. The molecule has 1 aromatic carbocycles. The normalized spacial score (nSPS) is 14.8. The first-order valence-corrected chi connectivity index (χ1v) is 7.72. The Labute approximate surface area is 118 Å². The first-order chi connectivity index (χ1) is 9.31. The third-order valence-electron chi connectivity index (χ3n) is 3.50. The molecule has 1 heterocycles. The van der Waals surface area contributed by atoms with Gasteiger partial charge in [-0.15, -0.1) is 21.5 Å². The van der Waals surface area contributed by atoms with Crippen LogP contribution in [-0.2, 0) is 19.4 Å². The Kier molecular flexibility index (Phi) is 3.89. The highest BCUT2D eigenvalue weighted by molar-refractivity contribution is 7.11. The van der Waals surface area contributed by atoms with Crippen molar-refractivity contribution in [2.75, 3.05) is 0 Å². The molecule has 0 bridgehead atoms. The van der Waals surface area contributed by atoms with Crippen LogP contribution >= 0.6 is 11.3 Å². The number of hydrogen-bond donors (Lipinski definition) is 1. The Bertz CT molecular complexity index is 546. The van der Waals surface area contributed by atoms with Crippen LogP contribution in [0.3, 0.4) is 0 Å². The molecule has 0 radical (unpaired) electrons. The molecule has 0 unspecified atom stereocenters. The molecule has 0 atom stereocenters. The van der Waals surface area contributed by atoms with E-state index in [1.807, 2.05) is 0 Å². The van der Waals surface area contributed by atoms with E-state index in [1.165, 1.54) is 24.0 Å². The van der Waals surface area contributed by atoms with Crippen molar-refractivity contribution in [2.45, 2.75) is 45.2 Å². The van der Waals surface area contributed by atoms with E-state index in [2.05, 4.69) is 46.7 Å². The lowest BCUT2D eigenvalue weighted by Crippen LogP contribution is -2.14. The minimum atomic E-state index is 0.735. The maximum Gasteiger partial charge on any atom is 0.131 e. The van der Waals surface area contributed by atoms with E-state index >= 15 is 0 Å². The number of aryl methyl sites for hydroxylation is 3.